The van der Waals surface area contributed by atoms with Crippen molar-refractivity contribution < 1.29 is 0 Å². The quantitative estimate of drug-likeness (QED) is 0.254. The van der Waals surface area contributed by atoms with E-state index in [1.54, 1.807) is 0 Å². The van der Waals surface area contributed by atoms with Crippen molar-refractivity contribution in [3.05, 3.63) is 158 Å². The highest BCUT2D eigenvalue weighted by Gasteiger charge is 2.14. The van der Waals surface area contributed by atoms with Gasteiger partial charge in [-0.1, -0.05) is 140 Å². The molecule has 0 saturated heterocycles. The SMILES string of the molecule is c1ccc(-c2ccc(Nc3ccccc3-c3ccccc3-c3ccccc3-c3ccccc3)cc2)cc1. The van der Waals surface area contributed by atoms with E-state index in [1.807, 2.05) is 6.07 Å². The third kappa shape index (κ3) is 4.80. The molecule has 0 spiro atoms. The van der Waals surface area contributed by atoms with Crippen LogP contribution in [0.2, 0.25) is 0 Å². The van der Waals surface area contributed by atoms with Crippen molar-refractivity contribution in [2.24, 2.45) is 0 Å². The standard InChI is InChI=1S/C36H27N/c1-3-13-27(14-4-1)28-23-25-30(26-24-28)37-36-22-12-11-21-35(36)34-20-10-9-19-33(34)32-18-8-7-17-31(32)29-15-5-2-6-16-29/h1-26,37H. The molecular formula is C36H27N. The van der Waals surface area contributed by atoms with E-state index in [9.17, 15) is 0 Å². The monoisotopic (exact) mass is 473 g/mol. The third-order valence-electron chi connectivity index (χ3n) is 6.72. The zero-order valence-electron chi connectivity index (χ0n) is 20.5. The Balaban J connectivity index is 1.39. The lowest BCUT2D eigenvalue weighted by Gasteiger charge is -2.18. The maximum absolute atomic E-state index is 3.67. The molecule has 1 N–H and O–H groups in total. The lowest BCUT2D eigenvalue weighted by molar-refractivity contribution is 1.52. The van der Waals surface area contributed by atoms with Crippen LogP contribution in [0, 0.1) is 0 Å². The van der Waals surface area contributed by atoms with Gasteiger partial charge in [0.25, 0.3) is 0 Å². The van der Waals surface area contributed by atoms with Crippen LogP contribution in [0.3, 0.4) is 0 Å². The smallest absolute Gasteiger partial charge is 0.0464 e. The fraction of sp³-hybridized carbons (Fsp3) is 0. The fourth-order valence-corrected chi connectivity index (χ4v) is 4.90. The molecule has 6 aromatic carbocycles. The van der Waals surface area contributed by atoms with Crippen molar-refractivity contribution in [1.82, 2.24) is 0 Å². The van der Waals surface area contributed by atoms with Gasteiger partial charge in [-0.2, -0.15) is 0 Å². The second-order valence-corrected chi connectivity index (χ2v) is 9.07. The molecule has 1 heteroatoms. The van der Waals surface area contributed by atoms with Crippen molar-refractivity contribution in [3.8, 4) is 44.5 Å². The van der Waals surface area contributed by atoms with Gasteiger partial charge in [-0.3, -0.25) is 0 Å². The first-order chi connectivity index (χ1) is 18.4. The highest BCUT2D eigenvalue weighted by Crippen LogP contribution is 2.40. The largest absolute Gasteiger partial charge is 0.355 e. The molecule has 0 saturated carbocycles. The summed E-state index contributed by atoms with van der Waals surface area (Å²) in [5, 5.41) is 3.67. The number of para-hydroxylation sites is 1. The maximum Gasteiger partial charge on any atom is 0.0464 e. The van der Waals surface area contributed by atoms with Gasteiger partial charge in [-0.05, 0) is 57.1 Å². The van der Waals surface area contributed by atoms with Gasteiger partial charge < -0.3 is 5.32 Å². The summed E-state index contributed by atoms with van der Waals surface area (Å²) >= 11 is 0. The summed E-state index contributed by atoms with van der Waals surface area (Å²) in [7, 11) is 0. The molecule has 0 aliphatic rings. The van der Waals surface area contributed by atoms with Crippen molar-refractivity contribution in [1.29, 1.82) is 0 Å². The highest BCUT2D eigenvalue weighted by atomic mass is 14.9. The minimum absolute atomic E-state index is 1.06. The predicted molar refractivity (Wildman–Crippen MR) is 158 cm³/mol. The summed E-state index contributed by atoms with van der Waals surface area (Å²) in [6.45, 7) is 0. The highest BCUT2D eigenvalue weighted by molar-refractivity contribution is 5.95. The molecule has 37 heavy (non-hydrogen) atoms. The van der Waals surface area contributed by atoms with Gasteiger partial charge in [0.2, 0.25) is 0 Å². The van der Waals surface area contributed by atoms with Crippen molar-refractivity contribution in [3.63, 3.8) is 0 Å². The number of anilines is 2. The molecule has 0 atom stereocenters. The van der Waals surface area contributed by atoms with E-state index in [0.717, 1.165) is 11.4 Å². The second kappa shape index (κ2) is 10.4. The molecule has 0 aliphatic heterocycles. The Labute approximate surface area is 218 Å². The van der Waals surface area contributed by atoms with E-state index in [1.165, 1.54) is 44.5 Å². The van der Waals surface area contributed by atoms with Crippen LogP contribution < -0.4 is 5.32 Å². The molecule has 0 amide bonds. The minimum atomic E-state index is 1.06. The van der Waals surface area contributed by atoms with Crippen LogP contribution in [0.25, 0.3) is 44.5 Å². The van der Waals surface area contributed by atoms with Crippen molar-refractivity contribution in [2.75, 3.05) is 5.32 Å². The van der Waals surface area contributed by atoms with E-state index in [0.29, 0.717) is 0 Å². The summed E-state index contributed by atoms with van der Waals surface area (Å²) in [6.07, 6.45) is 0. The molecule has 0 bridgehead atoms. The summed E-state index contributed by atoms with van der Waals surface area (Å²) in [5.74, 6) is 0. The second-order valence-electron chi connectivity index (χ2n) is 9.07. The van der Waals surface area contributed by atoms with Crippen LogP contribution in [-0.4, -0.2) is 0 Å². The summed E-state index contributed by atoms with van der Waals surface area (Å²) in [6, 6.07) is 55.6. The molecule has 6 aromatic rings. The van der Waals surface area contributed by atoms with Gasteiger partial charge in [0, 0.05) is 16.9 Å². The van der Waals surface area contributed by atoms with E-state index in [4.69, 9.17) is 0 Å². The summed E-state index contributed by atoms with van der Waals surface area (Å²) < 4.78 is 0. The summed E-state index contributed by atoms with van der Waals surface area (Å²) in [5.41, 5.74) is 11.9. The Morgan fingerprint density at radius 3 is 1.30 bits per heavy atom. The molecule has 6 rings (SSSR count). The molecule has 0 heterocycles. The Hall–Kier alpha value is -4.88. The van der Waals surface area contributed by atoms with Crippen molar-refractivity contribution in [2.45, 2.75) is 0 Å². The number of hydrogen-bond donors (Lipinski definition) is 1. The van der Waals surface area contributed by atoms with Crippen LogP contribution in [0.5, 0.6) is 0 Å². The predicted octanol–water partition coefficient (Wildman–Crippen LogP) is 10.1. The zero-order chi connectivity index (χ0) is 24.9. The van der Waals surface area contributed by atoms with Gasteiger partial charge in [0.15, 0.2) is 0 Å². The van der Waals surface area contributed by atoms with Crippen LogP contribution in [0.4, 0.5) is 11.4 Å². The Morgan fingerprint density at radius 2 is 0.676 bits per heavy atom. The minimum Gasteiger partial charge on any atom is -0.355 e. The molecule has 1 nitrogen and oxygen atoms in total. The van der Waals surface area contributed by atoms with Crippen LogP contribution in [-0.2, 0) is 0 Å². The number of hydrogen-bond acceptors (Lipinski definition) is 1. The first-order valence-electron chi connectivity index (χ1n) is 12.6. The molecule has 0 fully saturated rings. The zero-order valence-corrected chi connectivity index (χ0v) is 20.5. The van der Waals surface area contributed by atoms with Gasteiger partial charge >= 0.3 is 0 Å². The van der Waals surface area contributed by atoms with Gasteiger partial charge in [-0.15, -0.1) is 0 Å². The number of benzene rings is 6. The molecule has 0 aliphatic carbocycles. The molecule has 0 unspecified atom stereocenters. The van der Waals surface area contributed by atoms with Gasteiger partial charge in [0.05, 0.1) is 0 Å². The van der Waals surface area contributed by atoms with E-state index in [-0.39, 0.29) is 0 Å². The molecule has 176 valence electrons. The average molecular weight is 474 g/mol. The van der Waals surface area contributed by atoms with E-state index < -0.39 is 0 Å². The summed E-state index contributed by atoms with van der Waals surface area (Å²) in [4.78, 5) is 0. The molecule has 0 aromatic heterocycles. The van der Waals surface area contributed by atoms with Gasteiger partial charge in [-0.25, -0.2) is 0 Å². The first kappa shape index (κ1) is 22.6. The lowest BCUT2D eigenvalue weighted by atomic mass is 9.89. The van der Waals surface area contributed by atoms with E-state index >= 15 is 0 Å². The maximum atomic E-state index is 3.67. The fourth-order valence-electron chi connectivity index (χ4n) is 4.90. The van der Waals surface area contributed by atoms with Crippen LogP contribution >= 0.6 is 0 Å². The Bertz CT molecular complexity index is 1620. The third-order valence-corrected chi connectivity index (χ3v) is 6.72. The number of nitrogens with one attached hydrogen (secondary N) is 1. The normalized spacial score (nSPS) is 10.7. The van der Waals surface area contributed by atoms with Crippen molar-refractivity contribution >= 4 is 11.4 Å². The van der Waals surface area contributed by atoms with Crippen LogP contribution in [0.15, 0.2) is 158 Å². The Morgan fingerprint density at radius 1 is 0.270 bits per heavy atom. The molecular weight excluding hydrogens is 446 g/mol. The number of rotatable bonds is 6. The lowest BCUT2D eigenvalue weighted by Crippen LogP contribution is -1.95. The average Bonchev–Trinajstić information content (AvgIpc) is 2.99. The van der Waals surface area contributed by atoms with E-state index in [2.05, 4.69) is 157 Å². The Kier molecular flexibility index (Phi) is 6.34. The topological polar surface area (TPSA) is 12.0 Å². The first-order valence-corrected chi connectivity index (χ1v) is 12.6. The molecule has 0 radical (unpaired) electrons. The van der Waals surface area contributed by atoms with Gasteiger partial charge in [0.1, 0.15) is 0 Å². The van der Waals surface area contributed by atoms with Crippen LogP contribution in [0.1, 0.15) is 0 Å².